The van der Waals surface area contributed by atoms with Crippen molar-refractivity contribution in [3.8, 4) is 5.75 Å². The number of nitrogen functional groups attached to an aromatic ring is 1. The Morgan fingerprint density at radius 2 is 1.25 bits per heavy atom. The minimum atomic E-state index is -5.29. The van der Waals surface area contributed by atoms with Crippen LogP contribution >= 0.6 is 0 Å². The SMILES string of the molecule is [NH]c1ccc(S(=O)(=O)O)c(/N=N/c2c(S(=O)(=O)O)cc3cc(S(=O)(=O)O)c(/N=N/c4ccc([N+](=O)[O-])cc4)c(N)c3c2O)c1. The van der Waals surface area contributed by atoms with E-state index >= 15 is 0 Å². The van der Waals surface area contributed by atoms with Crippen molar-refractivity contribution in [1.82, 2.24) is 5.73 Å². The molecule has 22 heteroatoms. The first kappa shape index (κ1) is 31.8. The van der Waals surface area contributed by atoms with Gasteiger partial charge < -0.3 is 16.6 Å². The molecule has 4 aromatic rings. The number of non-ortho nitro benzene ring substituents is 1. The third-order valence-electron chi connectivity index (χ3n) is 5.69. The average molecular weight is 667 g/mol. The highest BCUT2D eigenvalue weighted by molar-refractivity contribution is 7.86. The van der Waals surface area contributed by atoms with Gasteiger partial charge in [-0.1, -0.05) is 0 Å². The number of azo groups is 2. The molecule has 44 heavy (non-hydrogen) atoms. The Morgan fingerprint density at radius 3 is 1.77 bits per heavy atom. The van der Waals surface area contributed by atoms with Crippen LogP contribution in [0.3, 0.4) is 0 Å². The van der Waals surface area contributed by atoms with Gasteiger partial charge in [-0.2, -0.15) is 30.4 Å². The lowest BCUT2D eigenvalue weighted by atomic mass is 10.1. The van der Waals surface area contributed by atoms with Gasteiger partial charge in [0.2, 0.25) is 0 Å². The van der Waals surface area contributed by atoms with Crippen molar-refractivity contribution < 1.29 is 48.9 Å². The summed E-state index contributed by atoms with van der Waals surface area (Å²) in [4.78, 5) is 7.13. The Bertz CT molecular complexity index is 2250. The largest absolute Gasteiger partial charge is 0.505 e. The van der Waals surface area contributed by atoms with Crippen LogP contribution in [0.4, 0.5) is 39.8 Å². The zero-order valence-corrected chi connectivity index (χ0v) is 23.7. The van der Waals surface area contributed by atoms with Crippen LogP contribution in [-0.4, -0.2) is 48.9 Å². The van der Waals surface area contributed by atoms with Gasteiger partial charge in [-0.15, -0.1) is 15.3 Å². The Kier molecular flexibility index (Phi) is 8.08. The summed E-state index contributed by atoms with van der Waals surface area (Å²) in [7, 11) is -15.4. The molecule has 0 aliphatic rings. The highest BCUT2D eigenvalue weighted by atomic mass is 32.2. The minimum Gasteiger partial charge on any atom is -0.505 e. The number of anilines is 1. The van der Waals surface area contributed by atoms with Crippen molar-refractivity contribution in [1.29, 1.82) is 0 Å². The van der Waals surface area contributed by atoms with E-state index in [1.807, 2.05) is 0 Å². The number of nitro benzene ring substituents is 1. The highest BCUT2D eigenvalue weighted by Crippen LogP contribution is 2.48. The number of aromatic hydroxyl groups is 1. The molecule has 7 N–H and O–H groups in total. The van der Waals surface area contributed by atoms with Crippen LogP contribution in [0.2, 0.25) is 0 Å². The second-order valence-electron chi connectivity index (χ2n) is 8.59. The van der Waals surface area contributed by atoms with Crippen LogP contribution in [0, 0.1) is 10.1 Å². The number of fused-ring (bicyclic) bond motifs is 1. The molecule has 0 amide bonds. The summed E-state index contributed by atoms with van der Waals surface area (Å²) in [5, 5.41) is 35.4. The van der Waals surface area contributed by atoms with E-state index in [9.17, 15) is 54.1 Å². The van der Waals surface area contributed by atoms with E-state index in [2.05, 4.69) is 20.5 Å². The molecule has 19 nitrogen and oxygen atoms in total. The monoisotopic (exact) mass is 666 g/mol. The normalized spacial score (nSPS) is 12.8. The first-order valence-electron chi connectivity index (χ1n) is 11.3. The number of nitrogens with zero attached hydrogens (tertiary/aromatic N) is 5. The third kappa shape index (κ3) is 6.43. The van der Waals surface area contributed by atoms with Gasteiger partial charge in [-0.25, -0.2) is 0 Å². The second-order valence-corrected chi connectivity index (χ2v) is 12.8. The molecule has 0 saturated heterocycles. The lowest BCUT2D eigenvalue weighted by molar-refractivity contribution is -0.384. The average Bonchev–Trinajstić information content (AvgIpc) is 2.90. The van der Waals surface area contributed by atoms with Crippen molar-refractivity contribution in [3.63, 3.8) is 0 Å². The van der Waals surface area contributed by atoms with Crippen LogP contribution < -0.4 is 11.5 Å². The molecule has 0 unspecified atom stereocenters. The van der Waals surface area contributed by atoms with Crippen molar-refractivity contribution in [2.24, 2.45) is 20.5 Å². The Hall–Kier alpha value is -5.13. The number of benzene rings is 4. The minimum absolute atomic E-state index is 0.0388. The molecule has 0 heterocycles. The van der Waals surface area contributed by atoms with E-state index in [-0.39, 0.29) is 17.1 Å². The van der Waals surface area contributed by atoms with E-state index in [0.29, 0.717) is 12.1 Å². The highest BCUT2D eigenvalue weighted by Gasteiger charge is 2.28. The Labute approximate surface area is 246 Å². The predicted molar refractivity (Wildman–Crippen MR) is 150 cm³/mol. The molecule has 0 bridgehead atoms. The molecule has 0 saturated carbocycles. The van der Waals surface area contributed by atoms with Gasteiger partial charge in [-0.3, -0.25) is 23.8 Å². The molecule has 0 aliphatic carbocycles. The van der Waals surface area contributed by atoms with Gasteiger partial charge in [0.15, 0.2) is 5.75 Å². The van der Waals surface area contributed by atoms with Gasteiger partial charge in [0, 0.05) is 12.1 Å². The lowest BCUT2D eigenvalue weighted by Crippen LogP contribution is -2.03. The van der Waals surface area contributed by atoms with E-state index in [1.165, 1.54) is 0 Å². The molecular weight excluding hydrogens is 650 g/mol. The predicted octanol–water partition coefficient (Wildman–Crippen LogP) is 4.52. The summed E-state index contributed by atoms with van der Waals surface area (Å²) < 4.78 is 101. The first-order chi connectivity index (χ1) is 20.3. The van der Waals surface area contributed by atoms with Crippen molar-refractivity contribution in [2.45, 2.75) is 14.7 Å². The molecule has 4 rings (SSSR count). The van der Waals surface area contributed by atoms with E-state index in [0.717, 1.165) is 42.5 Å². The second kappa shape index (κ2) is 11.2. The number of phenolic OH excluding ortho intramolecular Hbond substituents is 1. The number of phenols is 1. The molecule has 0 fully saturated rings. The molecule has 0 aromatic heterocycles. The Morgan fingerprint density at radius 1 is 0.727 bits per heavy atom. The standard InChI is InChI=1S/C22H16N7O12S3/c23-11-1-6-15(42(33,34)35)14(9-11)26-28-21-17(44(39,40)41)8-10-7-16(43(36,37)38)20(19(24)18(10)22(21)30)27-25-12-2-4-13(5-3-12)29(31)32/h1-9,23,30H,24H2,(H,33,34,35)(H,36,37,38)(H,39,40,41)/b27-25+,28-26+. The zero-order chi connectivity index (χ0) is 32.8. The molecule has 4 aromatic carbocycles. The van der Waals surface area contributed by atoms with E-state index in [4.69, 9.17) is 11.5 Å². The Balaban J connectivity index is 2.02. The van der Waals surface area contributed by atoms with Crippen LogP contribution in [0.25, 0.3) is 10.8 Å². The van der Waals surface area contributed by atoms with Gasteiger partial charge in [0.05, 0.1) is 27.4 Å². The first-order valence-corrected chi connectivity index (χ1v) is 15.6. The fourth-order valence-corrected chi connectivity index (χ4v) is 5.70. The van der Waals surface area contributed by atoms with E-state index in [1.54, 1.807) is 0 Å². The topological polar surface area (TPSA) is 326 Å². The number of rotatable bonds is 8. The van der Waals surface area contributed by atoms with Crippen molar-refractivity contribution in [3.05, 3.63) is 64.7 Å². The third-order valence-corrected chi connectivity index (χ3v) is 8.33. The van der Waals surface area contributed by atoms with Crippen LogP contribution in [0.5, 0.6) is 5.75 Å². The number of hydrogen-bond acceptors (Lipinski definition) is 14. The zero-order valence-electron chi connectivity index (χ0n) is 21.3. The summed E-state index contributed by atoms with van der Waals surface area (Å²) in [5.74, 6) is -1.15. The molecule has 229 valence electrons. The van der Waals surface area contributed by atoms with Gasteiger partial charge in [-0.05, 0) is 47.9 Å². The van der Waals surface area contributed by atoms with E-state index < -0.39 is 89.2 Å². The van der Waals surface area contributed by atoms with Crippen LogP contribution in [0.15, 0.2) is 89.7 Å². The van der Waals surface area contributed by atoms with Gasteiger partial charge in [0.1, 0.15) is 31.7 Å². The quantitative estimate of drug-likeness (QED) is 0.0568. The smallest absolute Gasteiger partial charge is 0.296 e. The molecule has 1 radical (unpaired) electrons. The summed E-state index contributed by atoms with van der Waals surface area (Å²) in [6, 6.07) is 8.26. The summed E-state index contributed by atoms with van der Waals surface area (Å²) in [5.41, 5.74) is 9.89. The molecule has 0 spiro atoms. The summed E-state index contributed by atoms with van der Waals surface area (Å²) in [6.45, 7) is 0. The molecule has 0 atom stereocenters. The molecular formula is C22H16N7O12S3. The number of nitro groups is 1. The maximum Gasteiger partial charge on any atom is 0.296 e. The lowest BCUT2D eigenvalue weighted by Gasteiger charge is -2.14. The maximum atomic E-state index is 12.2. The number of nitrogens with one attached hydrogen (secondary N) is 1. The van der Waals surface area contributed by atoms with Crippen LogP contribution in [-0.2, 0) is 30.4 Å². The van der Waals surface area contributed by atoms with Crippen molar-refractivity contribution in [2.75, 3.05) is 5.73 Å². The fourth-order valence-electron chi connectivity index (χ4n) is 3.77. The van der Waals surface area contributed by atoms with Crippen molar-refractivity contribution >= 4 is 80.9 Å². The summed E-state index contributed by atoms with van der Waals surface area (Å²) >= 11 is 0. The maximum absolute atomic E-state index is 12.2. The number of hydrogen-bond donors (Lipinski definition) is 5. The fraction of sp³-hybridized carbons (Fsp3) is 0. The van der Waals surface area contributed by atoms with Gasteiger partial charge in [0.25, 0.3) is 36.0 Å². The summed E-state index contributed by atoms with van der Waals surface area (Å²) in [6.07, 6.45) is 0. The number of nitrogens with two attached hydrogens (primary N) is 1. The van der Waals surface area contributed by atoms with Gasteiger partial charge >= 0.3 is 0 Å². The van der Waals surface area contributed by atoms with Crippen LogP contribution in [0.1, 0.15) is 0 Å². The molecule has 0 aliphatic heterocycles.